The monoisotopic (exact) mass is 388 g/mol. The molecule has 0 saturated heterocycles. The Bertz CT molecular complexity index is 1020. The van der Waals surface area contributed by atoms with Crippen LogP contribution in [0.15, 0.2) is 83.6 Å². The first-order valence-electron chi connectivity index (χ1n) is 7.77. The van der Waals surface area contributed by atoms with Gasteiger partial charge in [0.2, 0.25) is 0 Å². The van der Waals surface area contributed by atoms with E-state index in [-0.39, 0.29) is 0 Å². The maximum absolute atomic E-state index is 4.72. The first-order chi connectivity index (χ1) is 12.3. The second kappa shape index (κ2) is 6.91. The van der Waals surface area contributed by atoms with E-state index in [0.717, 1.165) is 38.6 Å². The van der Waals surface area contributed by atoms with Gasteiger partial charge >= 0.3 is 0 Å². The van der Waals surface area contributed by atoms with Crippen molar-refractivity contribution in [2.75, 3.05) is 0 Å². The minimum absolute atomic E-state index is 0.803. The summed E-state index contributed by atoms with van der Waals surface area (Å²) in [7, 11) is 0. The molecule has 4 aromatic heterocycles. The van der Waals surface area contributed by atoms with E-state index in [2.05, 4.69) is 25.9 Å². The van der Waals surface area contributed by atoms with Crippen molar-refractivity contribution in [3.8, 4) is 34.2 Å². The maximum atomic E-state index is 4.72. The van der Waals surface area contributed by atoms with Crippen molar-refractivity contribution in [2.24, 2.45) is 0 Å². The zero-order chi connectivity index (χ0) is 17.1. The molecule has 0 saturated carbocycles. The highest BCUT2D eigenvalue weighted by atomic mass is 79.9. The van der Waals surface area contributed by atoms with E-state index in [4.69, 9.17) is 9.97 Å². The van der Waals surface area contributed by atoms with Gasteiger partial charge < -0.3 is 0 Å². The molecule has 0 aliphatic carbocycles. The van der Waals surface area contributed by atoms with Gasteiger partial charge in [-0.15, -0.1) is 0 Å². The molecule has 0 spiro atoms. The zero-order valence-electron chi connectivity index (χ0n) is 13.2. The first-order valence-corrected chi connectivity index (χ1v) is 8.57. The number of pyridine rings is 4. The van der Waals surface area contributed by atoms with Crippen LogP contribution in [0, 0.1) is 0 Å². The molecule has 0 fully saturated rings. The number of hydrogen-bond donors (Lipinski definition) is 0. The molecule has 0 aliphatic heterocycles. The van der Waals surface area contributed by atoms with Crippen LogP contribution in [-0.4, -0.2) is 19.9 Å². The SMILES string of the molecule is Brc1ccnc(-c2cccc(-c3cccc(-c4ccccn4)n3)n2)c1. The summed E-state index contributed by atoms with van der Waals surface area (Å²) in [5.74, 6) is 0. The second-order valence-electron chi connectivity index (χ2n) is 5.39. The fourth-order valence-electron chi connectivity index (χ4n) is 2.50. The molecule has 0 aromatic carbocycles. The molecule has 0 atom stereocenters. The predicted octanol–water partition coefficient (Wildman–Crippen LogP) is 5.03. The maximum Gasteiger partial charge on any atom is 0.0897 e. The van der Waals surface area contributed by atoms with E-state index >= 15 is 0 Å². The Hall–Kier alpha value is -2.92. The summed E-state index contributed by atoms with van der Waals surface area (Å²) in [4.78, 5) is 18.2. The van der Waals surface area contributed by atoms with Crippen molar-refractivity contribution < 1.29 is 0 Å². The number of rotatable bonds is 3. The number of halogens is 1. The van der Waals surface area contributed by atoms with Gasteiger partial charge in [0.25, 0.3) is 0 Å². The summed E-state index contributed by atoms with van der Waals surface area (Å²) in [5.41, 5.74) is 4.90. The van der Waals surface area contributed by atoms with Crippen molar-refractivity contribution in [3.63, 3.8) is 0 Å². The van der Waals surface area contributed by atoms with Gasteiger partial charge in [-0.1, -0.05) is 34.1 Å². The van der Waals surface area contributed by atoms with Gasteiger partial charge in [0, 0.05) is 16.9 Å². The molecule has 0 amide bonds. The normalized spacial score (nSPS) is 10.6. The average molecular weight is 389 g/mol. The molecule has 4 aromatic rings. The third-order valence-electron chi connectivity index (χ3n) is 3.67. The summed E-state index contributed by atoms with van der Waals surface area (Å²) in [6.45, 7) is 0. The molecule has 4 rings (SSSR count). The lowest BCUT2D eigenvalue weighted by atomic mass is 10.1. The van der Waals surface area contributed by atoms with E-state index in [1.54, 1.807) is 12.4 Å². The van der Waals surface area contributed by atoms with Crippen molar-refractivity contribution in [1.29, 1.82) is 0 Å². The van der Waals surface area contributed by atoms with Gasteiger partial charge in [0.1, 0.15) is 0 Å². The van der Waals surface area contributed by atoms with Crippen LogP contribution in [0.3, 0.4) is 0 Å². The Balaban J connectivity index is 1.75. The molecule has 0 unspecified atom stereocenters. The van der Waals surface area contributed by atoms with Crippen LogP contribution in [0.1, 0.15) is 0 Å². The highest BCUT2D eigenvalue weighted by Crippen LogP contribution is 2.24. The predicted molar refractivity (Wildman–Crippen MR) is 102 cm³/mol. The summed E-state index contributed by atoms with van der Waals surface area (Å²) in [5, 5.41) is 0. The van der Waals surface area contributed by atoms with Gasteiger partial charge in [-0.25, -0.2) is 9.97 Å². The summed E-state index contributed by atoms with van der Waals surface area (Å²) in [6.07, 6.45) is 3.52. The van der Waals surface area contributed by atoms with Gasteiger partial charge in [-0.2, -0.15) is 0 Å². The Morgan fingerprint density at radius 2 is 1.08 bits per heavy atom. The molecular weight excluding hydrogens is 376 g/mol. The first kappa shape index (κ1) is 15.6. The van der Waals surface area contributed by atoms with Crippen molar-refractivity contribution in [3.05, 3.63) is 83.6 Å². The van der Waals surface area contributed by atoms with Crippen LogP contribution < -0.4 is 0 Å². The highest BCUT2D eigenvalue weighted by molar-refractivity contribution is 9.10. The van der Waals surface area contributed by atoms with Crippen LogP contribution >= 0.6 is 15.9 Å². The number of nitrogens with zero attached hydrogens (tertiary/aromatic N) is 4. The van der Waals surface area contributed by atoms with E-state index in [1.807, 2.05) is 66.7 Å². The van der Waals surface area contributed by atoms with E-state index in [9.17, 15) is 0 Å². The fraction of sp³-hybridized carbons (Fsp3) is 0. The average Bonchev–Trinajstić information content (AvgIpc) is 2.69. The lowest BCUT2D eigenvalue weighted by Gasteiger charge is -2.06. The Kier molecular flexibility index (Phi) is 4.31. The number of aromatic nitrogens is 4. The fourth-order valence-corrected chi connectivity index (χ4v) is 2.83. The molecule has 0 aliphatic rings. The van der Waals surface area contributed by atoms with Gasteiger partial charge in [0.05, 0.1) is 34.2 Å². The molecule has 120 valence electrons. The molecule has 5 heteroatoms. The minimum atomic E-state index is 0.803. The Labute approximate surface area is 153 Å². The van der Waals surface area contributed by atoms with Crippen molar-refractivity contribution in [2.45, 2.75) is 0 Å². The van der Waals surface area contributed by atoms with Crippen molar-refractivity contribution in [1.82, 2.24) is 19.9 Å². The van der Waals surface area contributed by atoms with Gasteiger partial charge in [0.15, 0.2) is 0 Å². The molecule has 25 heavy (non-hydrogen) atoms. The second-order valence-corrected chi connectivity index (χ2v) is 6.31. The van der Waals surface area contributed by atoms with Crippen molar-refractivity contribution >= 4 is 15.9 Å². The quantitative estimate of drug-likeness (QED) is 0.493. The van der Waals surface area contributed by atoms with Gasteiger partial charge in [-0.3, -0.25) is 9.97 Å². The van der Waals surface area contributed by atoms with Crippen LogP contribution in [0.25, 0.3) is 34.2 Å². The van der Waals surface area contributed by atoms with Crippen LogP contribution in [0.4, 0.5) is 0 Å². The third-order valence-corrected chi connectivity index (χ3v) is 4.17. The molecule has 0 bridgehead atoms. The molecule has 4 heterocycles. The summed E-state index contributed by atoms with van der Waals surface area (Å²) >= 11 is 3.47. The molecule has 0 radical (unpaired) electrons. The lowest BCUT2D eigenvalue weighted by molar-refractivity contribution is 1.20. The standard InChI is InChI=1S/C20H13BrN4/c21-14-10-12-23-20(13-14)19-9-4-8-18(25-19)17-7-3-6-16(24-17)15-5-1-2-11-22-15/h1-13H. The van der Waals surface area contributed by atoms with Gasteiger partial charge in [-0.05, 0) is 48.5 Å². The topological polar surface area (TPSA) is 51.6 Å². The van der Waals surface area contributed by atoms with E-state index in [1.165, 1.54) is 0 Å². The van der Waals surface area contributed by atoms with Crippen LogP contribution in [-0.2, 0) is 0 Å². The lowest BCUT2D eigenvalue weighted by Crippen LogP contribution is -1.93. The number of hydrogen-bond acceptors (Lipinski definition) is 4. The largest absolute Gasteiger partial charge is 0.255 e. The third kappa shape index (κ3) is 3.46. The Morgan fingerprint density at radius 3 is 1.68 bits per heavy atom. The van der Waals surface area contributed by atoms with E-state index < -0.39 is 0 Å². The summed E-state index contributed by atoms with van der Waals surface area (Å²) < 4.78 is 0.972. The zero-order valence-corrected chi connectivity index (χ0v) is 14.8. The Morgan fingerprint density at radius 1 is 0.520 bits per heavy atom. The summed E-state index contributed by atoms with van der Waals surface area (Å²) in [6, 6.07) is 21.4. The smallest absolute Gasteiger partial charge is 0.0897 e. The highest BCUT2D eigenvalue weighted by Gasteiger charge is 2.08. The van der Waals surface area contributed by atoms with Crippen LogP contribution in [0.5, 0.6) is 0 Å². The van der Waals surface area contributed by atoms with Crippen LogP contribution in [0.2, 0.25) is 0 Å². The minimum Gasteiger partial charge on any atom is -0.255 e. The molecule has 0 N–H and O–H groups in total. The molecule has 4 nitrogen and oxygen atoms in total. The van der Waals surface area contributed by atoms with E-state index in [0.29, 0.717) is 0 Å². The molecular formula is C20H13BrN4.